The van der Waals surface area contributed by atoms with E-state index >= 15 is 0 Å². The van der Waals surface area contributed by atoms with Crippen LogP contribution in [0.5, 0.6) is 0 Å². The first-order valence-electron chi connectivity index (χ1n) is 11.9. The average Bonchev–Trinajstić information content (AvgIpc) is 3.23. The highest BCUT2D eigenvalue weighted by molar-refractivity contribution is 7.07. The van der Waals surface area contributed by atoms with Gasteiger partial charge >= 0.3 is 5.97 Å². The van der Waals surface area contributed by atoms with Crippen molar-refractivity contribution in [2.45, 2.75) is 33.2 Å². The SMILES string of the molecule is CCOC(=O)C1CCN(C(=O)c2ccc(Cn3c(C)csc3=NC(=O)c3ccccc3F)cc2)CC1. The van der Waals surface area contributed by atoms with Crippen LogP contribution in [0.25, 0.3) is 0 Å². The number of rotatable bonds is 6. The lowest BCUT2D eigenvalue weighted by Crippen LogP contribution is -2.40. The average molecular weight is 510 g/mol. The van der Waals surface area contributed by atoms with E-state index in [0.717, 1.165) is 11.3 Å². The van der Waals surface area contributed by atoms with Gasteiger partial charge in [0.25, 0.3) is 11.8 Å². The maximum atomic E-state index is 14.0. The van der Waals surface area contributed by atoms with E-state index in [1.807, 2.05) is 29.0 Å². The molecule has 0 bridgehead atoms. The summed E-state index contributed by atoms with van der Waals surface area (Å²) in [5.74, 6) is -1.62. The lowest BCUT2D eigenvalue weighted by molar-refractivity contribution is -0.149. The minimum atomic E-state index is -0.628. The van der Waals surface area contributed by atoms with Gasteiger partial charge in [0.1, 0.15) is 5.82 Å². The third-order valence-corrected chi connectivity index (χ3v) is 7.22. The van der Waals surface area contributed by atoms with Crippen LogP contribution in [0.2, 0.25) is 0 Å². The number of aryl methyl sites for hydroxylation is 1. The van der Waals surface area contributed by atoms with Gasteiger partial charge in [-0.2, -0.15) is 4.99 Å². The molecule has 3 aromatic rings. The van der Waals surface area contributed by atoms with Gasteiger partial charge in [-0.05, 0) is 56.5 Å². The molecule has 7 nitrogen and oxygen atoms in total. The van der Waals surface area contributed by atoms with Crippen molar-refractivity contribution in [1.82, 2.24) is 9.47 Å². The molecule has 9 heteroatoms. The molecule has 1 aromatic heterocycles. The smallest absolute Gasteiger partial charge is 0.309 e. The van der Waals surface area contributed by atoms with Crippen molar-refractivity contribution in [3.63, 3.8) is 0 Å². The summed E-state index contributed by atoms with van der Waals surface area (Å²) in [6.07, 6.45) is 1.21. The fraction of sp³-hybridized carbons (Fsp3) is 0.333. The number of hydrogen-bond acceptors (Lipinski definition) is 5. The maximum Gasteiger partial charge on any atom is 0.309 e. The first-order chi connectivity index (χ1) is 17.4. The summed E-state index contributed by atoms with van der Waals surface area (Å²) in [6, 6.07) is 13.1. The van der Waals surface area contributed by atoms with Gasteiger partial charge in [0.15, 0.2) is 4.80 Å². The molecule has 0 aliphatic carbocycles. The van der Waals surface area contributed by atoms with E-state index in [-0.39, 0.29) is 23.4 Å². The third kappa shape index (κ3) is 5.79. The summed E-state index contributed by atoms with van der Waals surface area (Å²) in [4.78, 5) is 43.8. The number of ether oxygens (including phenoxy) is 1. The third-order valence-electron chi connectivity index (χ3n) is 6.24. The second-order valence-corrected chi connectivity index (χ2v) is 9.49. The Morgan fingerprint density at radius 3 is 2.44 bits per heavy atom. The van der Waals surface area contributed by atoms with Gasteiger partial charge in [-0.3, -0.25) is 14.4 Å². The Kier molecular flexibility index (Phi) is 8.10. The van der Waals surface area contributed by atoms with E-state index < -0.39 is 11.7 Å². The zero-order chi connectivity index (χ0) is 25.7. The number of amides is 2. The van der Waals surface area contributed by atoms with Gasteiger partial charge < -0.3 is 14.2 Å². The van der Waals surface area contributed by atoms with Crippen LogP contribution in [0.1, 0.15) is 51.7 Å². The molecule has 0 radical (unpaired) electrons. The van der Waals surface area contributed by atoms with Crippen molar-refractivity contribution in [2.24, 2.45) is 10.9 Å². The van der Waals surface area contributed by atoms with Crippen LogP contribution >= 0.6 is 11.3 Å². The molecule has 2 aromatic carbocycles. The molecule has 4 rings (SSSR count). The Hall–Kier alpha value is -3.59. The fourth-order valence-electron chi connectivity index (χ4n) is 4.17. The molecule has 0 saturated carbocycles. The molecule has 2 amide bonds. The highest BCUT2D eigenvalue weighted by Gasteiger charge is 2.28. The molecule has 0 spiro atoms. The van der Waals surface area contributed by atoms with Gasteiger partial charge in [-0.25, -0.2) is 4.39 Å². The zero-order valence-electron chi connectivity index (χ0n) is 20.3. The summed E-state index contributed by atoms with van der Waals surface area (Å²) in [6.45, 7) is 5.58. The van der Waals surface area contributed by atoms with Crippen LogP contribution < -0.4 is 4.80 Å². The van der Waals surface area contributed by atoms with Crippen molar-refractivity contribution in [1.29, 1.82) is 0 Å². The van der Waals surface area contributed by atoms with Crippen LogP contribution in [0.3, 0.4) is 0 Å². The van der Waals surface area contributed by atoms with Gasteiger partial charge in [0, 0.05) is 29.7 Å². The molecule has 0 N–H and O–H groups in total. The van der Waals surface area contributed by atoms with Crippen molar-refractivity contribution in [3.05, 3.63) is 86.9 Å². The molecule has 36 heavy (non-hydrogen) atoms. The number of carbonyl (C=O) groups is 3. The second-order valence-electron chi connectivity index (χ2n) is 8.66. The summed E-state index contributed by atoms with van der Waals surface area (Å²) < 4.78 is 21.0. The van der Waals surface area contributed by atoms with E-state index in [4.69, 9.17) is 4.74 Å². The Labute approximate surface area is 212 Å². The van der Waals surface area contributed by atoms with E-state index in [2.05, 4.69) is 4.99 Å². The quantitative estimate of drug-likeness (QED) is 0.467. The van der Waals surface area contributed by atoms with E-state index in [1.54, 1.807) is 30.0 Å². The molecule has 188 valence electrons. The number of thiazole rings is 1. The predicted octanol–water partition coefficient (Wildman–Crippen LogP) is 4.20. The van der Waals surface area contributed by atoms with Gasteiger partial charge in [0.05, 0.1) is 24.6 Å². The highest BCUT2D eigenvalue weighted by Crippen LogP contribution is 2.21. The monoisotopic (exact) mass is 509 g/mol. The van der Waals surface area contributed by atoms with Crippen LogP contribution in [-0.4, -0.2) is 46.9 Å². The number of nitrogens with zero attached hydrogens (tertiary/aromatic N) is 3. The lowest BCUT2D eigenvalue weighted by Gasteiger charge is -2.31. The number of hydrogen-bond donors (Lipinski definition) is 0. The normalized spacial score (nSPS) is 14.6. The maximum absolute atomic E-state index is 14.0. The zero-order valence-corrected chi connectivity index (χ0v) is 21.1. The summed E-state index contributed by atoms with van der Waals surface area (Å²) in [5.41, 5.74) is 2.38. The van der Waals surface area contributed by atoms with Crippen LogP contribution in [0.4, 0.5) is 4.39 Å². The molecule has 1 saturated heterocycles. The number of benzene rings is 2. The first kappa shape index (κ1) is 25.5. The Morgan fingerprint density at radius 1 is 1.08 bits per heavy atom. The number of likely N-dealkylation sites (tertiary alicyclic amines) is 1. The van der Waals surface area contributed by atoms with E-state index in [0.29, 0.717) is 49.4 Å². The lowest BCUT2D eigenvalue weighted by atomic mass is 9.96. The summed E-state index contributed by atoms with van der Waals surface area (Å²) in [7, 11) is 0. The largest absolute Gasteiger partial charge is 0.466 e. The van der Waals surface area contributed by atoms with Crippen molar-refractivity contribution in [2.75, 3.05) is 19.7 Å². The molecule has 0 atom stereocenters. The number of piperidine rings is 1. The van der Waals surface area contributed by atoms with Crippen molar-refractivity contribution in [3.8, 4) is 0 Å². The minimum absolute atomic E-state index is 0.0607. The van der Waals surface area contributed by atoms with Gasteiger partial charge in [-0.1, -0.05) is 24.3 Å². The standard InChI is InChI=1S/C27H28FN3O4S/c1-3-35-26(34)21-12-14-30(15-13-21)25(33)20-10-8-19(9-11-20)16-31-18(2)17-36-27(31)29-24(32)22-6-4-5-7-23(22)28/h4-11,17,21H,3,12-16H2,1-2H3. The second kappa shape index (κ2) is 11.4. The van der Waals surface area contributed by atoms with Crippen LogP contribution in [0.15, 0.2) is 58.9 Å². The Bertz CT molecular complexity index is 1320. The summed E-state index contributed by atoms with van der Waals surface area (Å²) >= 11 is 1.32. The highest BCUT2D eigenvalue weighted by atomic mass is 32.1. The number of carbonyl (C=O) groups excluding carboxylic acids is 3. The molecule has 1 aliphatic rings. The molecule has 0 unspecified atom stereocenters. The molecular weight excluding hydrogens is 481 g/mol. The number of aromatic nitrogens is 1. The topological polar surface area (TPSA) is 81.0 Å². The number of halogens is 1. The van der Waals surface area contributed by atoms with Crippen LogP contribution in [-0.2, 0) is 16.1 Å². The van der Waals surface area contributed by atoms with Gasteiger partial charge in [0.2, 0.25) is 0 Å². The molecule has 1 aliphatic heterocycles. The Balaban J connectivity index is 1.43. The number of esters is 1. The minimum Gasteiger partial charge on any atom is -0.466 e. The molecule has 2 heterocycles. The molecule has 1 fully saturated rings. The van der Waals surface area contributed by atoms with Crippen molar-refractivity contribution < 1.29 is 23.5 Å². The van der Waals surface area contributed by atoms with Crippen LogP contribution in [0, 0.1) is 18.7 Å². The Morgan fingerprint density at radius 2 is 1.78 bits per heavy atom. The first-order valence-corrected chi connectivity index (χ1v) is 12.8. The van der Waals surface area contributed by atoms with Gasteiger partial charge in [-0.15, -0.1) is 11.3 Å². The van der Waals surface area contributed by atoms with Crippen molar-refractivity contribution >= 4 is 29.1 Å². The fourth-order valence-corrected chi connectivity index (χ4v) is 5.05. The molecular formula is C27H28FN3O4S. The summed E-state index contributed by atoms with van der Waals surface area (Å²) in [5, 5.41) is 1.89. The van der Waals surface area contributed by atoms with E-state index in [9.17, 15) is 18.8 Å². The predicted molar refractivity (Wildman–Crippen MR) is 134 cm³/mol. The van der Waals surface area contributed by atoms with E-state index in [1.165, 1.54) is 29.5 Å².